The molecular formula is C9H8N2O3S. The highest BCUT2D eigenvalue weighted by Gasteiger charge is 2.15. The van der Waals surface area contributed by atoms with E-state index in [1.54, 1.807) is 18.2 Å². The molecule has 0 atom stereocenters. The van der Waals surface area contributed by atoms with E-state index in [2.05, 4.69) is 4.98 Å². The van der Waals surface area contributed by atoms with Crippen LogP contribution in [-0.2, 0) is 0 Å². The Hall–Kier alpha value is -1.69. The van der Waals surface area contributed by atoms with Crippen molar-refractivity contribution in [3.8, 4) is 5.75 Å². The molecule has 78 valence electrons. The SMILES string of the molecule is CCOc1ccc2nc([N+](=O)[O-])sc2c1. The molecule has 0 saturated heterocycles. The van der Waals surface area contributed by atoms with Gasteiger partial charge in [0.1, 0.15) is 5.75 Å². The van der Waals surface area contributed by atoms with Gasteiger partial charge in [-0.3, -0.25) is 0 Å². The minimum atomic E-state index is -0.481. The van der Waals surface area contributed by atoms with Crippen molar-refractivity contribution in [3.63, 3.8) is 0 Å². The molecule has 1 aromatic heterocycles. The highest BCUT2D eigenvalue weighted by atomic mass is 32.1. The van der Waals surface area contributed by atoms with Crippen LogP contribution >= 0.6 is 11.3 Å². The number of nitrogens with zero attached hydrogens (tertiary/aromatic N) is 2. The number of nitro groups is 1. The van der Waals surface area contributed by atoms with Crippen LogP contribution in [0.5, 0.6) is 5.75 Å². The Labute approximate surface area is 89.5 Å². The molecule has 0 aliphatic rings. The van der Waals surface area contributed by atoms with Crippen LogP contribution in [0.2, 0.25) is 0 Å². The number of fused-ring (bicyclic) bond motifs is 1. The number of hydrogen-bond donors (Lipinski definition) is 0. The summed E-state index contributed by atoms with van der Waals surface area (Å²) in [6, 6.07) is 5.25. The molecule has 0 radical (unpaired) electrons. The lowest BCUT2D eigenvalue weighted by Crippen LogP contribution is -1.89. The van der Waals surface area contributed by atoms with E-state index >= 15 is 0 Å². The summed E-state index contributed by atoms with van der Waals surface area (Å²) in [4.78, 5) is 13.9. The number of rotatable bonds is 3. The standard InChI is InChI=1S/C9H8N2O3S/c1-2-14-6-3-4-7-8(5-6)15-9(10-7)11(12)13/h3-5H,2H2,1H3. The first-order valence-corrected chi connectivity index (χ1v) is 5.20. The van der Waals surface area contributed by atoms with Gasteiger partial charge in [0.15, 0.2) is 5.52 Å². The van der Waals surface area contributed by atoms with Gasteiger partial charge < -0.3 is 14.9 Å². The van der Waals surface area contributed by atoms with Crippen molar-refractivity contribution in [2.45, 2.75) is 6.92 Å². The first-order chi connectivity index (χ1) is 7.20. The van der Waals surface area contributed by atoms with E-state index in [1.165, 1.54) is 0 Å². The van der Waals surface area contributed by atoms with Crippen molar-refractivity contribution in [3.05, 3.63) is 28.3 Å². The molecule has 0 fully saturated rings. The van der Waals surface area contributed by atoms with Crippen molar-refractivity contribution in [2.75, 3.05) is 6.61 Å². The molecule has 0 spiro atoms. The van der Waals surface area contributed by atoms with Gasteiger partial charge in [0, 0.05) is 6.07 Å². The van der Waals surface area contributed by atoms with E-state index in [4.69, 9.17) is 4.74 Å². The summed E-state index contributed by atoms with van der Waals surface area (Å²) in [7, 11) is 0. The summed E-state index contributed by atoms with van der Waals surface area (Å²) in [5.41, 5.74) is 0.634. The van der Waals surface area contributed by atoms with Crippen molar-refractivity contribution >= 4 is 26.7 Å². The van der Waals surface area contributed by atoms with Crippen molar-refractivity contribution in [2.24, 2.45) is 0 Å². The van der Waals surface area contributed by atoms with Crippen LogP contribution in [0.25, 0.3) is 10.2 Å². The fraction of sp³-hybridized carbons (Fsp3) is 0.222. The summed E-state index contributed by atoms with van der Waals surface area (Å²) in [5, 5.41) is 10.4. The van der Waals surface area contributed by atoms with Crippen LogP contribution in [0.1, 0.15) is 6.92 Å². The number of ether oxygens (including phenoxy) is 1. The summed E-state index contributed by atoms with van der Waals surface area (Å²) in [5.74, 6) is 0.712. The molecule has 1 heterocycles. The summed E-state index contributed by atoms with van der Waals surface area (Å²) >= 11 is 1.06. The minimum absolute atomic E-state index is 0.0846. The monoisotopic (exact) mass is 224 g/mol. The molecule has 0 N–H and O–H groups in total. The first-order valence-electron chi connectivity index (χ1n) is 4.38. The predicted octanol–water partition coefficient (Wildman–Crippen LogP) is 2.60. The third-order valence-corrected chi connectivity index (χ3v) is 2.79. The quantitative estimate of drug-likeness (QED) is 0.593. The number of aromatic nitrogens is 1. The normalized spacial score (nSPS) is 10.5. The van der Waals surface area contributed by atoms with E-state index in [0.717, 1.165) is 16.0 Å². The van der Waals surface area contributed by atoms with Crippen LogP contribution in [0.3, 0.4) is 0 Å². The molecule has 0 unspecified atom stereocenters. The molecule has 2 aromatic rings. The molecular weight excluding hydrogens is 216 g/mol. The summed E-state index contributed by atoms with van der Waals surface area (Å²) < 4.78 is 6.06. The van der Waals surface area contributed by atoms with Gasteiger partial charge in [0.2, 0.25) is 0 Å². The smallest absolute Gasteiger partial charge is 0.424 e. The molecule has 6 heteroatoms. The van der Waals surface area contributed by atoms with E-state index in [0.29, 0.717) is 17.9 Å². The minimum Gasteiger partial charge on any atom is -0.494 e. The van der Waals surface area contributed by atoms with Crippen molar-refractivity contribution in [1.82, 2.24) is 4.98 Å². The van der Waals surface area contributed by atoms with Gasteiger partial charge in [-0.25, -0.2) is 0 Å². The molecule has 2 rings (SSSR count). The Balaban J connectivity index is 2.47. The zero-order chi connectivity index (χ0) is 10.8. The van der Waals surface area contributed by atoms with Crippen molar-refractivity contribution in [1.29, 1.82) is 0 Å². The summed E-state index contributed by atoms with van der Waals surface area (Å²) in [6.45, 7) is 2.46. The highest BCUT2D eigenvalue weighted by Crippen LogP contribution is 2.30. The number of hydrogen-bond acceptors (Lipinski definition) is 5. The Morgan fingerprint density at radius 2 is 2.40 bits per heavy atom. The van der Waals surface area contributed by atoms with E-state index < -0.39 is 4.92 Å². The van der Waals surface area contributed by atoms with Crippen LogP contribution in [0.15, 0.2) is 18.2 Å². The van der Waals surface area contributed by atoms with Gasteiger partial charge in [-0.1, -0.05) is 0 Å². The van der Waals surface area contributed by atoms with E-state index in [1.807, 2.05) is 6.92 Å². The zero-order valence-corrected chi connectivity index (χ0v) is 8.78. The van der Waals surface area contributed by atoms with Crippen LogP contribution in [0.4, 0.5) is 5.13 Å². The lowest BCUT2D eigenvalue weighted by molar-refractivity contribution is -0.384. The van der Waals surface area contributed by atoms with Gasteiger partial charge in [-0.2, -0.15) is 0 Å². The fourth-order valence-corrected chi connectivity index (χ4v) is 2.04. The van der Waals surface area contributed by atoms with Gasteiger partial charge in [-0.15, -0.1) is 0 Å². The predicted molar refractivity (Wildman–Crippen MR) is 57.4 cm³/mol. The molecule has 0 bridgehead atoms. The lowest BCUT2D eigenvalue weighted by atomic mass is 10.3. The third kappa shape index (κ3) is 1.89. The molecule has 0 aliphatic heterocycles. The van der Waals surface area contributed by atoms with Crippen LogP contribution < -0.4 is 4.74 Å². The maximum absolute atomic E-state index is 10.5. The van der Waals surface area contributed by atoms with Crippen LogP contribution in [-0.4, -0.2) is 16.5 Å². The Bertz CT molecular complexity index is 509. The highest BCUT2D eigenvalue weighted by molar-refractivity contribution is 7.21. The van der Waals surface area contributed by atoms with Gasteiger partial charge in [-0.05, 0) is 40.3 Å². The Morgan fingerprint density at radius 1 is 1.60 bits per heavy atom. The molecule has 0 aliphatic carbocycles. The molecule has 0 saturated carbocycles. The fourth-order valence-electron chi connectivity index (χ4n) is 1.23. The lowest BCUT2D eigenvalue weighted by Gasteiger charge is -1.99. The number of thiazole rings is 1. The maximum Gasteiger partial charge on any atom is 0.424 e. The van der Waals surface area contributed by atoms with Crippen molar-refractivity contribution < 1.29 is 9.66 Å². The Morgan fingerprint density at radius 3 is 3.07 bits per heavy atom. The van der Waals surface area contributed by atoms with Crippen LogP contribution in [0, 0.1) is 10.1 Å². The molecule has 15 heavy (non-hydrogen) atoms. The molecule has 1 aromatic carbocycles. The Kier molecular flexibility index (Phi) is 2.51. The summed E-state index contributed by atoms with van der Waals surface area (Å²) in [6.07, 6.45) is 0. The van der Waals surface area contributed by atoms with Gasteiger partial charge in [0.05, 0.1) is 11.3 Å². The second kappa shape index (κ2) is 3.82. The maximum atomic E-state index is 10.5. The first kappa shape index (κ1) is 9.85. The van der Waals surface area contributed by atoms with Gasteiger partial charge in [0.25, 0.3) is 0 Å². The van der Waals surface area contributed by atoms with E-state index in [9.17, 15) is 10.1 Å². The average molecular weight is 224 g/mol. The molecule has 0 amide bonds. The third-order valence-electron chi connectivity index (χ3n) is 1.82. The zero-order valence-electron chi connectivity index (χ0n) is 7.97. The van der Waals surface area contributed by atoms with E-state index in [-0.39, 0.29) is 5.13 Å². The topological polar surface area (TPSA) is 65.3 Å². The molecule has 5 nitrogen and oxygen atoms in total. The second-order valence-corrected chi connectivity index (χ2v) is 3.83. The van der Waals surface area contributed by atoms with Gasteiger partial charge >= 0.3 is 5.13 Å². The average Bonchev–Trinajstić information content (AvgIpc) is 2.61. The number of benzene rings is 1. The second-order valence-electron chi connectivity index (χ2n) is 2.82. The largest absolute Gasteiger partial charge is 0.494 e.